The lowest BCUT2D eigenvalue weighted by molar-refractivity contribution is -0.137. The topological polar surface area (TPSA) is 0 Å². The fourth-order valence-electron chi connectivity index (χ4n) is 1.22. The summed E-state index contributed by atoms with van der Waals surface area (Å²) in [5.41, 5.74) is 0.283. The lowest BCUT2D eigenvalue weighted by atomic mass is 9.96. The van der Waals surface area contributed by atoms with E-state index >= 15 is 0 Å². The van der Waals surface area contributed by atoms with Gasteiger partial charge in [-0.05, 0) is 24.1 Å². The SMILES string of the molecule is C=C(C)C(=C)c1ccccc1C(F)(F)F. The summed E-state index contributed by atoms with van der Waals surface area (Å²) in [5.74, 6) is 0. The zero-order chi connectivity index (χ0) is 11.6. The number of hydrogen-bond acceptors (Lipinski definition) is 0. The van der Waals surface area contributed by atoms with Crippen LogP contribution in [0.1, 0.15) is 18.1 Å². The Kier molecular flexibility index (Phi) is 3.03. The normalized spacial score (nSPS) is 11.2. The summed E-state index contributed by atoms with van der Waals surface area (Å²) < 4.78 is 37.8. The van der Waals surface area contributed by atoms with E-state index in [9.17, 15) is 13.2 Å². The molecule has 0 saturated carbocycles. The standard InChI is InChI=1S/C12H11F3/c1-8(2)9(3)10-6-4-5-7-11(10)12(13,14)15/h4-7H,1,3H2,2H3. The van der Waals surface area contributed by atoms with Crippen LogP contribution in [-0.4, -0.2) is 0 Å². The molecule has 0 aromatic heterocycles. The Morgan fingerprint density at radius 3 is 2.13 bits per heavy atom. The van der Waals surface area contributed by atoms with E-state index in [0.717, 1.165) is 6.07 Å². The monoisotopic (exact) mass is 212 g/mol. The Hall–Kier alpha value is -1.51. The number of rotatable bonds is 2. The Morgan fingerprint density at radius 2 is 1.67 bits per heavy atom. The van der Waals surface area contributed by atoms with Gasteiger partial charge in [-0.25, -0.2) is 0 Å². The lowest BCUT2D eigenvalue weighted by Crippen LogP contribution is -2.08. The molecule has 0 N–H and O–H groups in total. The number of allylic oxidation sites excluding steroid dienone is 2. The second kappa shape index (κ2) is 3.93. The fourth-order valence-corrected chi connectivity index (χ4v) is 1.22. The summed E-state index contributed by atoms with van der Waals surface area (Å²) in [6.45, 7) is 8.82. The van der Waals surface area contributed by atoms with Crippen molar-refractivity contribution in [1.29, 1.82) is 0 Å². The number of alkyl halides is 3. The molecule has 0 spiro atoms. The van der Waals surface area contributed by atoms with Crippen LogP contribution >= 0.6 is 0 Å². The van der Waals surface area contributed by atoms with E-state index < -0.39 is 11.7 Å². The molecule has 0 unspecified atom stereocenters. The maximum atomic E-state index is 12.6. The maximum absolute atomic E-state index is 12.6. The minimum atomic E-state index is -4.35. The van der Waals surface area contributed by atoms with Crippen LogP contribution in [0, 0.1) is 0 Å². The van der Waals surface area contributed by atoms with Crippen LogP contribution in [-0.2, 0) is 6.18 Å². The predicted octanol–water partition coefficient (Wildman–Crippen LogP) is 4.29. The highest BCUT2D eigenvalue weighted by Gasteiger charge is 2.33. The molecule has 80 valence electrons. The molecule has 0 aliphatic rings. The van der Waals surface area contributed by atoms with Crippen molar-refractivity contribution in [2.24, 2.45) is 0 Å². The van der Waals surface area contributed by atoms with E-state index in [0.29, 0.717) is 11.1 Å². The second-order valence-corrected chi connectivity index (χ2v) is 3.30. The zero-order valence-electron chi connectivity index (χ0n) is 8.36. The van der Waals surface area contributed by atoms with E-state index in [2.05, 4.69) is 13.2 Å². The summed E-state index contributed by atoms with van der Waals surface area (Å²) >= 11 is 0. The third kappa shape index (κ3) is 2.49. The van der Waals surface area contributed by atoms with Gasteiger partial charge in [0.15, 0.2) is 0 Å². The molecule has 0 nitrogen and oxygen atoms in total. The molecule has 0 fully saturated rings. The predicted molar refractivity (Wildman–Crippen MR) is 55.3 cm³/mol. The van der Waals surface area contributed by atoms with Gasteiger partial charge in [0, 0.05) is 0 Å². The number of benzene rings is 1. The summed E-state index contributed by atoms with van der Waals surface area (Å²) in [7, 11) is 0. The van der Waals surface area contributed by atoms with Gasteiger partial charge in [0.25, 0.3) is 0 Å². The van der Waals surface area contributed by atoms with Gasteiger partial charge in [0.05, 0.1) is 5.56 Å². The molecule has 0 bridgehead atoms. The molecular formula is C12H11F3. The van der Waals surface area contributed by atoms with Crippen molar-refractivity contribution in [1.82, 2.24) is 0 Å². The maximum Gasteiger partial charge on any atom is 0.417 e. The summed E-state index contributed by atoms with van der Waals surface area (Å²) in [6, 6.07) is 5.36. The average Bonchev–Trinajstić information content (AvgIpc) is 2.15. The minimum absolute atomic E-state index is 0.0949. The van der Waals surface area contributed by atoms with Crippen molar-refractivity contribution in [2.75, 3.05) is 0 Å². The van der Waals surface area contributed by atoms with E-state index in [1.54, 1.807) is 13.0 Å². The first-order valence-corrected chi connectivity index (χ1v) is 4.35. The van der Waals surface area contributed by atoms with Gasteiger partial charge in [-0.15, -0.1) is 0 Å². The van der Waals surface area contributed by atoms with Crippen molar-refractivity contribution in [3.05, 3.63) is 54.1 Å². The molecule has 1 aromatic rings. The van der Waals surface area contributed by atoms with Crippen LogP contribution in [0.2, 0.25) is 0 Å². The summed E-state index contributed by atoms with van der Waals surface area (Å²) in [5, 5.41) is 0. The van der Waals surface area contributed by atoms with Crippen molar-refractivity contribution in [3.63, 3.8) is 0 Å². The Balaban J connectivity index is 3.31. The van der Waals surface area contributed by atoms with Crippen LogP contribution in [0.4, 0.5) is 13.2 Å². The van der Waals surface area contributed by atoms with Gasteiger partial charge in [-0.3, -0.25) is 0 Å². The lowest BCUT2D eigenvalue weighted by Gasteiger charge is -2.14. The fraction of sp³-hybridized carbons (Fsp3) is 0.167. The number of hydrogen-bond donors (Lipinski definition) is 0. The van der Waals surface area contributed by atoms with Crippen molar-refractivity contribution < 1.29 is 13.2 Å². The van der Waals surface area contributed by atoms with Gasteiger partial charge in [-0.1, -0.05) is 36.9 Å². The molecular weight excluding hydrogens is 201 g/mol. The molecule has 0 radical (unpaired) electrons. The molecule has 15 heavy (non-hydrogen) atoms. The Labute approximate surface area is 86.7 Å². The van der Waals surface area contributed by atoms with Gasteiger partial charge in [-0.2, -0.15) is 13.2 Å². The van der Waals surface area contributed by atoms with Gasteiger partial charge in [0.2, 0.25) is 0 Å². The quantitative estimate of drug-likeness (QED) is 0.641. The van der Waals surface area contributed by atoms with E-state index in [1.165, 1.54) is 12.1 Å². The molecule has 0 atom stereocenters. The highest BCUT2D eigenvalue weighted by atomic mass is 19.4. The first-order valence-electron chi connectivity index (χ1n) is 4.35. The highest BCUT2D eigenvalue weighted by molar-refractivity contribution is 5.78. The largest absolute Gasteiger partial charge is 0.417 e. The van der Waals surface area contributed by atoms with Crippen LogP contribution in [0.5, 0.6) is 0 Å². The van der Waals surface area contributed by atoms with Crippen LogP contribution < -0.4 is 0 Å². The first kappa shape index (κ1) is 11.6. The molecule has 0 aliphatic heterocycles. The van der Waals surface area contributed by atoms with Crippen molar-refractivity contribution in [2.45, 2.75) is 13.1 Å². The molecule has 1 aromatic carbocycles. The second-order valence-electron chi connectivity index (χ2n) is 3.30. The Morgan fingerprint density at radius 1 is 1.13 bits per heavy atom. The average molecular weight is 212 g/mol. The van der Waals surface area contributed by atoms with E-state index in [4.69, 9.17) is 0 Å². The summed E-state index contributed by atoms with van der Waals surface area (Å²) in [6.07, 6.45) is -4.35. The molecule has 0 heterocycles. The van der Waals surface area contributed by atoms with Crippen LogP contribution in [0.25, 0.3) is 5.57 Å². The molecule has 3 heteroatoms. The minimum Gasteiger partial charge on any atom is -0.166 e. The molecule has 0 amide bonds. The van der Waals surface area contributed by atoms with Gasteiger partial charge in [0.1, 0.15) is 0 Å². The van der Waals surface area contributed by atoms with Crippen LogP contribution in [0.15, 0.2) is 43.0 Å². The third-order valence-corrected chi connectivity index (χ3v) is 2.07. The van der Waals surface area contributed by atoms with Crippen LogP contribution in [0.3, 0.4) is 0 Å². The number of halogens is 3. The summed E-state index contributed by atoms with van der Waals surface area (Å²) in [4.78, 5) is 0. The van der Waals surface area contributed by atoms with Crippen molar-refractivity contribution >= 4 is 5.57 Å². The molecule has 0 aliphatic carbocycles. The van der Waals surface area contributed by atoms with E-state index in [-0.39, 0.29) is 5.56 Å². The van der Waals surface area contributed by atoms with Crippen molar-refractivity contribution in [3.8, 4) is 0 Å². The molecule has 1 rings (SSSR count). The smallest absolute Gasteiger partial charge is 0.166 e. The zero-order valence-corrected chi connectivity index (χ0v) is 8.36. The highest BCUT2D eigenvalue weighted by Crippen LogP contribution is 2.35. The first-order chi connectivity index (χ1) is 6.84. The van der Waals surface area contributed by atoms with Gasteiger partial charge >= 0.3 is 6.18 Å². The Bertz CT molecular complexity index is 400. The van der Waals surface area contributed by atoms with Gasteiger partial charge < -0.3 is 0 Å². The third-order valence-electron chi connectivity index (χ3n) is 2.07. The molecule has 0 saturated heterocycles. The van der Waals surface area contributed by atoms with E-state index in [1.807, 2.05) is 0 Å².